The van der Waals surface area contributed by atoms with E-state index in [4.69, 9.17) is 5.73 Å². The highest BCUT2D eigenvalue weighted by Gasteiger charge is 2.41. The van der Waals surface area contributed by atoms with Gasteiger partial charge in [0.25, 0.3) is 0 Å². The summed E-state index contributed by atoms with van der Waals surface area (Å²) in [6.07, 6.45) is 5.28. The highest BCUT2D eigenvalue weighted by atomic mass is 15.2. The molecule has 2 aromatic rings. The lowest BCUT2D eigenvalue weighted by molar-refractivity contribution is 0.0671. The third-order valence-electron chi connectivity index (χ3n) is 5.91. The number of nitrogens with zero attached hydrogens (tertiary/aromatic N) is 4. The van der Waals surface area contributed by atoms with Crippen molar-refractivity contribution in [2.75, 3.05) is 43.9 Å². The van der Waals surface area contributed by atoms with Crippen molar-refractivity contribution in [1.29, 1.82) is 0 Å². The van der Waals surface area contributed by atoms with Crippen LogP contribution in [0.5, 0.6) is 0 Å². The first-order chi connectivity index (χ1) is 12.1. The number of nitrogens with two attached hydrogens (primary N) is 1. The number of rotatable bonds is 2. The largest absolute Gasteiger partial charge is 0.384 e. The smallest absolute Gasteiger partial charge is 0.134 e. The van der Waals surface area contributed by atoms with E-state index in [1.165, 1.54) is 31.4 Å². The molecule has 1 atom stereocenters. The van der Waals surface area contributed by atoms with Gasteiger partial charge in [-0.1, -0.05) is 30.3 Å². The van der Waals surface area contributed by atoms with Crippen molar-refractivity contribution in [3.05, 3.63) is 48.3 Å². The number of nitrogen functional groups attached to an aromatic ring is 1. The van der Waals surface area contributed by atoms with Crippen LogP contribution >= 0.6 is 0 Å². The van der Waals surface area contributed by atoms with Gasteiger partial charge >= 0.3 is 0 Å². The predicted octanol–water partition coefficient (Wildman–Crippen LogP) is 2.76. The molecule has 2 aliphatic rings. The minimum Gasteiger partial charge on any atom is -0.384 e. The molecule has 1 spiro atoms. The van der Waals surface area contributed by atoms with Crippen LogP contribution in [0, 0.1) is 5.41 Å². The third-order valence-corrected chi connectivity index (χ3v) is 5.91. The van der Waals surface area contributed by atoms with Gasteiger partial charge in [-0.2, -0.15) is 0 Å². The number of benzene rings is 1. The Morgan fingerprint density at radius 1 is 1.12 bits per heavy atom. The first kappa shape index (κ1) is 16.3. The summed E-state index contributed by atoms with van der Waals surface area (Å²) in [7, 11) is 2.27. The van der Waals surface area contributed by atoms with E-state index in [9.17, 15) is 0 Å². The maximum absolute atomic E-state index is 5.82. The van der Waals surface area contributed by atoms with Crippen LogP contribution in [0.3, 0.4) is 0 Å². The summed E-state index contributed by atoms with van der Waals surface area (Å²) in [4.78, 5) is 13.3. The molecule has 5 heteroatoms. The van der Waals surface area contributed by atoms with Gasteiger partial charge in [-0.05, 0) is 43.2 Å². The molecule has 2 aliphatic heterocycles. The Hall–Kier alpha value is -2.14. The third kappa shape index (κ3) is 3.47. The summed E-state index contributed by atoms with van der Waals surface area (Å²) in [5.74, 6) is 2.15. The quantitative estimate of drug-likeness (QED) is 0.913. The first-order valence-corrected chi connectivity index (χ1v) is 9.20. The van der Waals surface area contributed by atoms with Gasteiger partial charge in [-0.25, -0.2) is 9.97 Å². The lowest BCUT2D eigenvalue weighted by Gasteiger charge is -2.49. The number of piperidine rings is 2. The molecular formula is C20H27N5. The molecule has 132 valence electrons. The molecule has 2 saturated heterocycles. The van der Waals surface area contributed by atoms with Gasteiger partial charge in [0.05, 0.1) is 0 Å². The fourth-order valence-electron chi connectivity index (χ4n) is 4.72. The zero-order valence-corrected chi connectivity index (χ0v) is 14.9. The average Bonchev–Trinajstić information content (AvgIpc) is 2.62. The van der Waals surface area contributed by atoms with Gasteiger partial charge in [0.1, 0.15) is 18.0 Å². The summed E-state index contributed by atoms with van der Waals surface area (Å²) in [6, 6.07) is 12.9. The Bertz CT molecular complexity index is 709. The molecule has 2 N–H and O–H groups in total. The molecule has 1 aromatic carbocycles. The van der Waals surface area contributed by atoms with Crippen molar-refractivity contribution in [3.63, 3.8) is 0 Å². The van der Waals surface area contributed by atoms with Gasteiger partial charge in [0.15, 0.2) is 0 Å². The molecular weight excluding hydrogens is 310 g/mol. The van der Waals surface area contributed by atoms with Crippen molar-refractivity contribution in [3.8, 4) is 0 Å². The number of anilines is 2. The Balaban J connectivity index is 1.47. The van der Waals surface area contributed by atoms with E-state index in [2.05, 4.69) is 57.1 Å². The number of hydrogen-bond donors (Lipinski definition) is 1. The summed E-state index contributed by atoms with van der Waals surface area (Å²) in [5, 5.41) is 0. The number of likely N-dealkylation sites (tertiary alicyclic amines) is 1. The highest BCUT2D eigenvalue weighted by Crippen LogP contribution is 2.45. The molecule has 5 nitrogen and oxygen atoms in total. The molecule has 3 heterocycles. The summed E-state index contributed by atoms with van der Waals surface area (Å²) in [6.45, 7) is 4.46. The molecule has 0 bridgehead atoms. The van der Waals surface area contributed by atoms with Crippen LogP contribution in [0.2, 0.25) is 0 Å². The molecule has 0 saturated carbocycles. The van der Waals surface area contributed by atoms with Crippen LogP contribution in [0.15, 0.2) is 42.7 Å². The van der Waals surface area contributed by atoms with E-state index in [-0.39, 0.29) is 0 Å². The molecule has 0 aliphatic carbocycles. The monoisotopic (exact) mass is 337 g/mol. The van der Waals surface area contributed by atoms with Gasteiger partial charge in [0, 0.05) is 32.2 Å². The van der Waals surface area contributed by atoms with Crippen LogP contribution in [0.25, 0.3) is 0 Å². The van der Waals surface area contributed by atoms with Crippen LogP contribution < -0.4 is 10.6 Å². The molecule has 25 heavy (non-hydrogen) atoms. The van der Waals surface area contributed by atoms with Gasteiger partial charge in [0.2, 0.25) is 0 Å². The summed E-state index contributed by atoms with van der Waals surface area (Å²) in [5.41, 5.74) is 7.72. The topological polar surface area (TPSA) is 58.3 Å². The van der Waals surface area contributed by atoms with Crippen molar-refractivity contribution in [2.45, 2.75) is 25.2 Å². The number of likely N-dealkylation sites (N-methyl/N-ethyl adjacent to an activating group) is 1. The van der Waals surface area contributed by atoms with E-state index >= 15 is 0 Å². The lowest BCUT2D eigenvalue weighted by atomic mass is 9.68. The fraction of sp³-hybridized carbons (Fsp3) is 0.500. The van der Waals surface area contributed by atoms with Gasteiger partial charge in [-0.15, -0.1) is 0 Å². The second-order valence-corrected chi connectivity index (χ2v) is 7.80. The van der Waals surface area contributed by atoms with E-state index in [1.807, 2.05) is 6.07 Å². The zero-order chi connectivity index (χ0) is 17.3. The van der Waals surface area contributed by atoms with Crippen LogP contribution in [0.4, 0.5) is 11.6 Å². The number of aromatic nitrogens is 2. The molecule has 2 fully saturated rings. The van der Waals surface area contributed by atoms with Crippen molar-refractivity contribution >= 4 is 11.6 Å². The van der Waals surface area contributed by atoms with E-state index < -0.39 is 0 Å². The fourth-order valence-corrected chi connectivity index (χ4v) is 4.72. The predicted molar refractivity (Wildman–Crippen MR) is 102 cm³/mol. The highest BCUT2D eigenvalue weighted by molar-refractivity contribution is 5.46. The van der Waals surface area contributed by atoms with E-state index in [1.54, 1.807) is 6.33 Å². The van der Waals surface area contributed by atoms with Crippen LogP contribution in [-0.2, 0) is 0 Å². The van der Waals surface area contributed by atoms with Crippen molar-refractivity contribution < 1.29 is 0 Å². The second kappa shape index (κ2) is 6.64. The Labute approximate surface area is 149 Å². The Kier molecular flexibility index (Phi) is 4.34. The van der Waals surface area contributed by atoms with Crippen LogP contribution in [-0.4, -0.2) is 48.1 Å². The Morgan fingerprint density at radius 2 is 1.88 bits per heavy atom. The summed E-state index contributed by atoms with van der Waals surface area (Å²) >= 11 is 0. The van der Waals surface area contributed by atoms with Crippen molar-refractivity contribution in [1.82, 2.24) is 14.9 Å². The van der Waals surface area contributed by atoms with E-state index in [0.29, 0.717) is 17.2 Å². The maximum atomic E-state index is 5.82. The zero-order valence-electron chi connectivity index (χ0n) is 14.9. The molecule has 1 aromatic heterocycles. The molecule has 0 radical (unpaired) electrons. The average molecular weight is 337 g/mol. The number of hydrogen-bond acceptors (Lipinski definition) is 5. The molecule has 4 rings (SSSR count). The van der Waals surface area contributed by atoms with Gasteiger partial charge in [-0.3, -0.25) is 0 Å². The van der Waals surface area contributed by atoms with Crippen molar-refractivity contribution in [2.24, 2.45) is 5.41 Å². The second-order valence-electron chi connectivity index (χ2n) is 7.80. The lowest BCUT2D eigenvalue weighted by Crippen LogP contribution is -2.50. The van der Waals surface area contributed by atoms with Crippen LogP contribution in [0.1, 0.15) is 30.7 Å². The Morgan fingerprint density at radius 3 is 2.60 bits per heavy atom. The van der Waals surface area contributed by atoms with Gasteiger partial charge < -0.3 is 15.5 Å². The molecule has 0 amide bonds. The minimum atomic E-state index is 0.419. The standard InChI is InChI=1S/C20H27N5/c1-24-13-17(16-5-3-2-4-6-16)12-20(14-24)7-9-25(10-8-20)19-11-18(21)22-15-23-19/h2-6,11,15,17H,7-10,12-14H2,1H3,(H2,21,22,23)/t17-/m0/s1. The SMILES string of the molecule is CN1C[C@@H](c2ccccc2)CC2(CCN(c3cc(N)ncn3)CC2)C1. The first-order valence-electron chi connectivity index (χ1n) is 9.20. The molecule has 0 unspecified atom stereocenters. The maximum Gasteiger partial charge on any atom is 0.134 e. The van der Waals surface area contributed by atoms with E-state index in [0.717, 1.165) is 25.5 Å². The normalized spacial score (nSPS) is 23.7. The minimum absolute atomic E-state index is 0.419. The summed E-state index contributed by atoms with van der Waals surface area (Å²) < 4.78 is 0.